The minimum Gasteiger partial charge on any atom is -0.475 e. The highest BCUT2D eigenvalue weighted by Gasteiger charge is 2.38. The number of carboxylic acids is 1. The van der Waals surface area contributed by atoms with Gasteiger partial charge in [-0.05, 0) is 30.0 Å². The van der Waals surface area contributed by atoms with Gasteiger partial charge in [0, 0.05) is 37.5 Å². The number of pyridine rings is 1. The fourth-order valence-electron chi connectivity index (χ4n) is 2.56. The summed E-state index contributed by atoms with van der Waals surface area (Å²) >= 11 is 1.44. The molecule has 0 spiro atoms. The van der Waals surface area contributed by atoms with Gasteiger partial charge in [-0.3, -0.25) is 9.78 Å². The van der Waals surface area contributed by atoms with Crippen LogP contribution in [0.1, 0.15) is 34.1 Å². The number of nitrogens with zero attached hydrogens (tertiary/aromatic N) is 3. The average molecular weight is 417 g/mol. The van der Waals surface area contributed by atoms with Crippen molar-refractivity contribution >= 4 is 23.2 Å². The molecule has 7 nitrogen and oxygen atoms in total. The van der Waals surface area contributed by atoms with E-state index < -0.39 is 12.1 Å². The summed E-state index contributed by atoms with van der Waals surface area (Å²) in [7, 11) is 0. The van der Waals surface area contributed by atoms with Gasteiger partial charge >= 0.3 is 12.1 Å². The molecule has 0 atom stereocenters. The van der Waals surface area contributed by atoms with E-state index in [1.165, 1.54) is 16.9 Å². The van der Waals surface area contributed by atoms with Gasteiger partial charge in [-0.15, -0.1) is 11.3 Å². The maximum Gasteiger partial charge on any atom is 0.490 e. The van der Waals surface area contributed by atoms with Crippen LogP contribution in [-0.4, -0.2) is 51.2 Å². The van der Waals surface area contributed by atoms with Crippen molar-refractivity contribution in [3.05, 3.63) is 45.7 Å². The van der Waals surface area contributed by atoms with Crippen LogP contribution in [0.5, 0.6) is 0 Å². The molecule has 0 fully saturated rings. The number of amides is 1. The molecule has 0 radical (unpaired) electrons. The molecule has 3 heterocycles. The highest BCUT2D eigenvalue weighted by atomic mass is 32.1. The number of rotatable bonds is 4. The number of aliphatic carboxylic acids is 1. The number of halogens is 3. The largest absolute Gasteiger partial charge is 0.490 e. The molecule has 1 aliphatic rings. The number of aromatic nitrogens is 2. The van der Waals surface area contributed by atoms with Gasteiger partial charge in [-0.2, -0.15) is 13.2 Å². The molecule has 0 saturated carbocycles. The van der Waals surface area contributed by atoms with Crippen molar-refractivity contribution in [3.63, 3.8) is 0 Å². The number of carbonyl (C=O) groups excluding carboxylic acids is 1. The van der Waals surface area contributed by atoms with Crippen molar-refractivity contribution in [1.29, 1.82) is 0 Å². The van der Waals surface area contributed by atoms with Crippen molar-refractivity contribution < 1.29 is 32.6 Å². The Labute approximate surface area is 162 Å². The first kappa shape index (κ1) is 21.8. The third-order valence-corrected chi connectivity index (χ3v) is 4.46. The zero-order valence-electron chi connectivity index (χ0n) is 14.9. The van der Waals surface area contributed by atoms with Gasteiger partial charge in [-0.25, -0.2) is 9.78 Å². The van der Waals surface area contributed by atoms with E-state index in [2.05, 4.69) is 9.97 Å². The van der Waals surface area contributed by atoms with Crippen molar-refractivity contribution in [2.75, 3.05) is 13.2 Å². The van der Waals surface area contributed by atoms with E-state index in [0.717, 1.165) is 17.5 Å². The lowest BCUT2D eigenvalue weighted by Crippen LogP contribution is -2.36. The summed E-state index contributed by atoms with van der Waals surface area (Å²) in [5.41, 5.74) is 5.74. The van der Waals surface area contributed by atoms with Gasteiger partial charge in [0.05, 0.1) is 12.1 Å². The maximum absolute atomic E-state index is 12.4. The highest BCUT2D eigenvalue weighted by molar-refractivity contribution is 7.07. The molecule has 3 rings (SSSR count). The van der Waals surface area contributed by atoms with E-state index in [4.69, 9.17) is 14.6 Å². The van der Waals surface area contributed by atoms with Crippen molar-refractivity contribution in [3.8, 4) is 0 Å². The summed E-state index contributed by atoms with van der Waals surface area (Å²) in [5.74, 6) is -2.76. The standard InChI is InChI=1S/C15H17N3O2S.C2HF3O2/c1-2-20-8-12-6-16-5-11-7-18(4-3-13(11)12)15(19)14-9-21-10-17-14;3-2(4,5)1(6)7/h5-6,9-10H,2-4,7-8H2,1H3;(H,6,7). The van der Waals surface area contributed by atoms with Crippen molar-refractivity contribution in [2.24, 2.45) is 0 Å². The Balaban J connectivity index is 0.000000345. The van der Waals surface area contributed by atoms with E-state index in [0.29, 0.717) is 32.0 Å². The van der Waals surface area contributed by atoms with Gasteiger partial charge in [-0.1, -0.05) is 0 Å². The van der Waals surface area contributed by atoms with Crippen LogP contribution in [0.3, 0.4) is 0 Å². The smallest absolute Gasteiger partial charge is 0.475 e. The van der Waals surface area contributed by atoms with E-state index >= 15 is 0 Å². The number of carboxylic acid groups (broad SMARTS) is 1. The minimum absolute atomic E-state index is 0.00267. The highest BCUT2D eigenvalue weighted by Crippen LogP contribution is 2.23. The Morgan fingerprint density at radius 2 is 2.07 bits per heavy atom. The van der Waals surface area contributed by atoms with Crippen LogP contribution in [0.4, 0.5) is 13.2 Å². The Morgan fingerprint density at radius 1 is 1.36 bits per heavy atom. The summed E-state index contributed by atoms with van der Waals surface area (Å²) in [6.45, 7) is 4.58. The van der Waals surface area contributed by atoms with Gasteiger partial charge in [0.2, 0.25) is 0 Å². The second-order valence-corrected chi connectivity index (χ2v) is 6.45. The quantitative estimate of drug-likeness (QED) is 0.822. The van der Waals surface area contributed by atoms with Gasteiger partial charge in [0.25, 0.3) is 5.91 Å². The predicted octanol–water partition coefficient (Wildman–Crippen LogP) is 2.91. The molecule has 0 saturated heterocycles. The van der Waals surface area contributed by atoms with Crippen molar-refractivity contribution in [2.45, 2.75) is 32.7 Å². The number of ether oxygens (including phenoxy) is 1. The lowest BCUT2D eigenvalue weighted by atomic mass is 9.97. The van der Waals surface area contributed by atoms with Gasteiger partial charge in [0.15, 0.2) is 0 Å². The topological polar surface area (TPSA) is 92.6 Å². The SMILES string of the molecule is CCOCc1cncc2c1CCN(C(=O)c1cscn1)C2.O=C(O)C(F)(F)F. The zero-order chi connectivity index (χ0) is 20.7. The summed E-state index contributed by atoms with van der Waals surface area (Å²) in [6, 6.07) is 0. The molecule has 1 amide bonds. The van der Waals surface area contributed by atoms with Gasteiger partial charge in [0.1, 0.15) is 5.69 Å². The molecule has 28 heavy (non-hydrogen) atoms. The number of hydrogen-bond acceptors (Lipinski definition) is 6. The summed E-state index contributed by atoms with van der Waals surface area (Å²) in [4.78, 5) is 31.5. The van der Waals surface area contributed by atoms with E-state index in [9.17, 15) is 18.0 Å². The number of thiazole rings is 1. The van der Waals surface area contributed by atoms with Crippen LogP contribution < -0.4 is 0 Å². The predicted molar refractivity (Wildman–Crippen MR) is 93.8 cm³/mol. The molecule has 0 bridgehead atoms. The molecule has 0 aromatic carbocycles. The molecular formula is C17H18F3N3O4S. The van der Waals surface area contributed by atoms with Crippen LogP contribution in [0.15, 0.2) is 23.3 Å². The third kappa shape index (κ3) is 5.73. The summed E-state index contributed by atoms with van der Waals surface area (Å²) in [6.07, 6.45) is -0.520. The second-order valence-electron chi connectivity index (χ2n) is 5.73. The Bertz CT molecular complexity index is 812. The summed E-state index contributed by atoms with van der Waals surface area (Å²) in [5, 5.41) is 8.92. The normalized spacial score (nSPS) is 13.4. The van der Waals surface area contributed by atoms with Crippen LogP contribution >= 0.6 is 11.3 Å². The molecule has 0 aliphatic carbocycles. The van der Waals surface area contributed by atoms with E-state index in [-0.39, 0.29) is 5.91 Å². The number of alkyl halides is 3. The van der Waals surface area contributed by atoms with E-state index in [1.54, 1.807) is 10.9 Å². The Kier molecular flexibility index (Phi) is 7.46. The molecule has 11 heteroatoms. The molecule has 152 valence electrons. The Morgan fingerprint density at radius 3 is 2.64 bits per heavy atom. The summed E-state index contributed by atoms with van der Waals surface area (Å²) < 4.78 is 37.2. The fraction of sp³-hybridized carbons (Fsp3) is 0.412. The van der Waals surface area contributed by atoms with Crippen LogP contribution in [0.2, 0.25) is 0 Å². The first-order valence-corrected chi connectivity index (χ1v) is 9.18. The van der Waals surface area contributed by atoms with Crippen LogP contribution in [0.25, 0.3) is 0 Å². The number of fused-ring (bicyclic) bond motifs is 1. The second kappa shape index (κ2) is 9.60. The Hall–Kier alpha value is -2.53. The minimum atomic E-state index is -5.08. The molecule has 1 aliphatic heterocycles. The first-order valence-electron chi connectivity index (χ1n) is 8.24. The molecule has 1 N–H and O–H groups in total. The molecular weight excluding hydrogens is 399 g/mol. The zero-order valence-corrected chi connectivity index (χ0v) is 15.7. The van der Waals surface area contributed by atoms with Crippen LogP contribution in [-0.2, 0) is 29.1 Å². The van der Waals surface area contributed by atoms with E-state index in [1.807, 2.05) is 24.2 Å². The third-order valence-electron chi connectivity index (χ3n) is 3.87. The van der Waals surface area contributed by atoms with Gasteiger partial charge < -0.3 is 14.7 Å². The average Bonchev–Trinajstić information content (AvgIpc) is 3.19. The first-order chi connectivity index (χ1) is 13.2. The molecule has 2 aromatic rings. The lowest BCUT2D eigenvalue weighted by Gasteiger charge is -2.29. The lowest BCUT2D eigenvalue weighted by molar-refractivity contribution is -0.192. The fourth-order valence-corrected chi connectivity index (χ4v) is 3.08. The molecule has 0 unspecified atom stereocenters. The monoisotopic (exact) mass is 417 g/mol. The van der Waals surface area contributed by atoms with Crippen LogP contribution in [0, 0.1) is 0 Å². The maximum atomic E-state index is 12.4. The molecule has 2 aromatic heterocycles. The number of carbonyl (C=O) groups is 2. The van der Waals surface area contributed by atoms with Crippen molar-refractivity contribution in [1.82, 2.24) is 14.9 Å². The number of hydrogen-bond donors (Lipinski definition) is 1.